The van der Waals surface area contributed by atoms with Crippen molar-refractivity contribution >= 4 is 28.9 Å². The van der Waals surface area contributed by atoms with Gasteiger partial charge in [-0.1, -0.05) is 25.7 Å². The summed E-state index contributed by atoms with van der Waals surface area (Å²) in [7, 11) is 0. The van der Waals surface area contributed by atoms with Crippen molar-refractivity contribution in [1.29, 1.82) is 0 Å². The Labute approximate surface area is 86.0 Å². The highest BCUT2D eigenvalue weighted by atomic mass is 35.7. The van der Waals surface area contributed by atoms with Gasteiger partial charge in [0.1, 0.15) is 0 Å². The minimum Gasteiger partial charge on any atom is -0.330 e. The van der Waals surface area contributed by atoms with Crippen molar-refractivity contribution < 1.29 is 0 Å². The summed E-state index contributed by atoms with van der Waals surface area (Å²) in [6, 6.07) is 1.03. The van der Waals surface area contributed by atoms with E-state index in [1.165, 1.54) is 25.7 Å². The molecule has 0 heterocycles. The Kier molecular flexibility index (Phi) is 7.64. The van der Waals surface area contributed by atoms with Gasteiger partial charge in [-0.15, -0.1) is 22.2 Å². The monoisotopic (exact) mass is 227 g/mol. The van der Waals surface area contributed by atoms with Crippen LogP contribution in [0.25, 0.3) is 0 Å². The fraction of sp³-hybridized carbons (Fsp3) is 1.00. The molecule has 12 heavy (non-hydrogen) atoms. The molecule has 2 N–H and O–H groups in total. The third-order valence-electron chi connectivity index (χ3n) is 1.82. The first kappa shape index (κ1) is 12.8. The molecular weight excluding hydrogens is 209 g/mol. The van der Waals surface area contributed by atoms with E-state index in [9.17, 15) is 0 Å². The highest BCUT2D eigenvalue weighted by Gasteiger charge is 2.19. The molecule has 0 rings (SSSR count). The van der Waals surface area contributed by atoms with Crippen LogP contribution in [0.1, 0.15) is 32.1 Å². The van der Waals surface area contributed by atoms with Gasteiger partial charge < -0.3 is 5.73 Å². The Morgan fingerprint density at radius 1 is 1.00 bits per heavy atom. The lowest BCUT2D eigenvalue weighted by Crippen LogP contribution is -2.11. The second-order valence-electron chi connectivity index (χ2n) is 3.38. The normalized spacial score (nSPS) is 12.0. The molecule has 74 valence electrons. The molecular formula is C8H19Cl2NSi. The van der Waals surface area contributed by atoms with Crippen LogP contribution in [-0.2, 0) is 0 Å². The number of halogens is 2. The smallest absolute Gasteiger partial charge is 0.248 e. The lowest BCUT2D eigenvalue weighted by molar-refractivity contribution is 0.636. The van der Waals surface area contributed by atoms with Gasteiger partial charge in [-0.05, 0) is 25.6 Å². The Hall–Kier alpha value is 0.757. The summed E-state index contributed by atoms with van der Waals surface area (Å²) in [5, 5.41) is 0. The number of unbranched alkanes of at least 4 members (excludes halogenated alkanes) is 4. The maximum Gasteiger partial charge on any atom is 0.248 e. The van der Waals surface area contributed by atoms with Crippen molar-refractivity contribution in [2.24, 2.45) is 5.73 Å². The van der Waals surface area contributed by atoms with Gasteiger partial charge in [0.05, 0.1) is 0 Å². The minimum atomic E-state index is -1.81. The molecule has 0 aliphatic rings. The molecule has 0 saturated carbocycles. The van der Waals surface area contributed by atoms with Crippen molar-refractivity contribution in [3.8, 4) is 0 Å². The molecule has 1 nitrogen and oxygen atoms in total. The Morgan fingerprint density at radius 3 is 2.00 bits per heavy atom. The van der Waals surface area contributed by atoms with Crippen LogP contribution < -0.4 is 5.73 Å². The summed E-state index contributed by atoms with van der Waals surface area (Å²) in [5.41, 5.74) is 5.38. The molecule has 0 aromatic heterocycles. The fourth-order valence-electron chi connectivity index (χ4n) is 1.11. The SMILES string of the molecule is C[Si](Cl)(Cl)CCCCCCCN. The molecule has 4 heteroatoms. The topological polar surface area (TPSA) is 26.0 Å². The zero-order chi connectivity index (χ0) is 9.45. The lowest BCUT2D eigenvalue weighted by Gasteiger charge is -2.08. The maximum atomic E-state index is 5.96. The van der Waals surface area contributed by atoms with Crippen LogP contribution in [0.3, 0.4) is 0 Å². The molecule has 0 aromatic carbocycles. The number of hydrogen-bond acceptors (Lipinski definition) is 1. The second-order valence-corrected chi connectivity index (χ2v) is 11.6. The number of rotatable bonds is 7. The third kappa shape index (κ3) is 10.8. The van der Waals surface area contributed by atoms with E-state index in [-0.39, 0.29) is 0 Å². The molecule has 0 unspecified atom stereocenters. The van der Waals surface area contributed by atoms with Gasteiger partial charge in [0, 0.05) is 0 Å². The highest BCUT2D eigenvalue weighted by Crippen LogP contribution is 2.23. The molecule has 0 aliphatic carbocycles. The second kappa shape index (κ2) is 7.19. The van der Waals surface area contributed by atoms with Gasteiger partial charge in [0.2, 0.25) is 6.69 Å². The average Bonchev–Trinajstić information content (AvgIpc) is 1.94. The first-order valence-corrected chi connectivity index (χ1v) is 9.37. The standard InChI is InChI=1S/C8H19Cl2NSi/c1-12(9,10)8-6-4-2-3-5-7-11/h2-8,11H2,1H3. The van der Waals surface area contributed by atoms with Crippen molar-refractivity contribution in [2.45, 2.75) is 44.7 Å². The quantitative estimate of drug-likeness (QED) is 0.403. The Bertz CT molecular complexity index is 104. The predicted molar refractivity (Wildman–Crippen MR) is 60.3 cm³/mol. The van der Waals surface area contributed by atoms with E-state index in [0.717, 1.165) is 19.0 Å². The molecule has 0 bridgehead atoms. The highest BCUT2D eigenvalue weighted by molar-refractivity contribution is 7.44. The van der Waals surface area contributed by atoms with Crippen molar-refractivity contribution in [3.63, 3.8) is 0 Å². The summed E-state index contributed by atoms with van der Waals surface area (Å²) in [6.07, 6.45) is 6.10. The van der Waals surface area contributed by atoms with E-state index in [1.54, 1.807) is 0 Å². The van der Waals surface area contributed by atoms with Gasteiger partial charge in [-0.2, -0.15) is 0 Å². The Balaban J connectivity index is 3.01. The molecule has 0 spiro atoms. The van der Waals surface area contributed by atoms with Gasteiger partial charge in [-0.3, -0.25) is 0 Å². The van der Waals surface area contributed by atoms with Crippen molar-refractivity contribution in [2.75, 3.05) is 6.54 Å². The van der Waals surface area contributed by atoms with Crippen LogP contribution in [0.4, 0.5) is 0 Å². The van der Waals surface area contributed by atoms with Crippen LogP contribution in [0.5, 0.6) is 0 Å². The summed E-state index contributed by atoms with van der Waals surface area (Å²) in [5.74, 6) is 0. The van der Waals surface area contributed by atoms with Gasteiger partial charge in [0.15, 0.2) is 0 Å². The van der Waals surface area contributed by atoms with Crippen LogP contribution in [0.15, 0.2) is 0 Å². The van der Waals surface area contributed by atoms with E-state index < -0.39 is 6.69 Å². The van der Waals surface area contributed by atoms with Gasteiger partial charge >= 0.3 is 0 Å². The molecule has 0 fully saturated rings. The third-order valence-corrected chi connectivity index (χ3v) is 4.19. The summed E-state index contributed by atoms with van der Waals surface area (Å²) < 4.78 is 0. The average molecular weight is 228 g/mol. The summed E-state index contributed by atoms with van der Waals surface area (Å²) in [4.78, 5) is 0. The van der Waals surface area contributed by atoms with Crippen LogP contribution >= 0.6 is 22.2 Å². The van der Waals surface area contributed by atoms with Gasteiger partial charge in [0.25, 0.3) is 0 Å². The van der Waals surface area contributed by atoms with E-state index in [4.69, 9.17) is 27.9 Å². The van der Waals surface area contributed by atoms with E-state index >= 15 is 0 Å². The summed E-state index contributed by atoms with van der Waals surface area (Å²) in [6.45, 7) is 0.993. The zero-order valence-electron chi connectivity index (χ0n) is 7.78. The molecule has 0 aliphatic heterocycles. The first-order chi connectivity index (χ1) is 5.56. The maximum absolute atomic E-state index is 5.96. The fourth-order valence-corrected chi connectivity index (χ4v) is 2.78. The largest absolute Gasteiger partial charge is 0.330 e. The first-order valence-electron chi connectivity index (χ1n) is 4.64. The van der Waals surface area contributed by atoms with Crippen LogP contribution in [0.2, 0.25) is 12.6 Å². The van der Waals surface area contributed by atoms with E-state index in [1.807, 2.05) is 6.55 Å². The van der Waals surface area contributed by atoms with Crippen molar-refractivity contribution in [1.82, 2.24) is 0 Å². The molecule has 0 atom stereocenters. The molecule has 0 radical (unpaired) electrons. The Morgan fingerprint density at radius 2 is 1.50 bits per heavy atom. The molecule has 0 amide bonds. The number of hydrogen-bond donors (Lipinski definition) is 1. The predicted octanol–water partition coefficient (Wildman–Crippen LogP) is 3.45. The molecule has 0 aromatic rings. The van der Waals surface area contributed by atoms with Crippen LogP contribution in [-0.4, -0.2) is 13.2 Å². The van der Waals surface area contributed by atoms with Crippen molar-refractivity contribution in [3.05, 3.63) is 0 Å². The minimum absolute atomic E-state index is 0.817. The van der Waals surface area contributed by atoms with Crippen LogP contribution in [0, 0.1) is 0 Å². The molecule has 0 saturated heterocycles. The van der Waals surface area contributed by atoms with E-state index in [0.29, 0.717) is 0 Å². The van der Waals surface area contributed by atoms with Gasteiger partial charge in [-0.25, -0.2) is 0 Å². The lowest BCUT2D eigenvalue weighted by atomic mass is 10.2. The summed E-state index contributed by atoms with van der Waals surface area (Å²) >= 11 is 11.9. The zero-order valence-corrected chi connectivity index (χ0v) is 10.3. The van der Waals surface area contributed by atoms with E-state index in [2.05, 4.69) is 0 Å². The number of nitrogens with two attached hydrogens (primary N) is 1.